The van der Waals surface area contributed by atoms with Crippen LogP contribution in [0.3, 0.4) is 0 Å². The number of nitrogens with one attached hydrogen (secondary N) is 2. The van der Waals surface area contributed by atoms with Gasteiger partial charge in [0.1, 0.15) is 0 Å². The number of amides is 1. The molecule has 5 nitrogen and oxygen atoms in total. The van der Waals surface area contributed by atoms with E-state index in [1.807, 2.05) is 0 Å². The van der Waals surface area contributed by atoms with Gasteiger partial charge in [0.15, 0.2) is 11.6 Å². The molecule has 1 aliphatic rings. The number of halogens is 3. The van der Waals surface area contributed by atoms with E-state index in [2.05, 4.69) is 15.6 Å². The third-order valence-corrected chi connectivity index (χ3v) is 4.79. The van der Waals surface area contributed by atoms with Crippen molar-refractivity contribution >= 4 is 29.2 Å². The summed E-state index contributed by atoms with van der Waals surface area (Å²) in [5.74, 6) is -2.48. The number of nitrogens with zero attached hydrogens (tertiary/aromatic N) is 1. The van der Waals surface area contributed by atoms with Crippen molar-refractivity contribution in [1.82, 2.24) is 5.32 Å². The molecule has 148 valence electrons. The average Bonchev–Trinajstić information content (AvgIpc) is 2.65. The van der Waals surface area contributed by atoms with Gasteiger partial charge in [0.05, 0.1) is 6.04 Å². The molecule has 0 aromatic heterocycles. The molecule has 1 amide bonds. The van der Waals surface area contributed by atoms with E-state index in [1.165, 1.54) is 6.07 Å². The second kappa shape index (κ2) is 9.12. The standard InChI is InChI=1S/C20H21ClF2N4O/c21-13-2-1-3-16(11-13)26-20(25-15-7-5-14(24)6-8-15)27-19(28)12-4-9-17(22)18(23)10-12/h1-4,9-11,14-15H,5-8,24H2,(H2,25,26,27,28). The summed E-state index contributed by atoms with van der Waals surface area (Å²) >= 11 is 6.01. The number of nitrogens with two attached hydrogens (primary N) is 1. The highest BCUT2D eigenvalue weighted by molar-refractivity contribution is 6.31. The minimum atomic E-state index is -1.09. The molecule has 8 heteroatoms. The van der Waals surface area contributed by atoms with Crippen LogP contribution in [-0.4, -0.2) is 24.0 Å². The molecule has 28 heavy (non-hydrogen) atoms. The summed E-state index contributed by atoms with van der Waals surface area (Å²) in [6.07, 6.45) is 3.33. The maximum absolute atomic E-state index is 13.5. The SMILES string of the molecule is NC1CCC(N=C(NC(=O)c2ccc(F)c(F)c2)Nc2cccc(Cl)c2)CC1. The van der Waals surface area contributed by atoms with Crippen LogP contribution in [0.25, 0.3) is 0 Å². The van der Waals surface area contributed by atoms with E-state index in [-0.39, 0.29) is 23.6 Å². The summed E-state index contributed by atoms with van der Waals surface area (Å²) in [5, 5.41) is 6.21. The Morgan fingerprint density at radius 1 is 1.07 bits per heavy atom. The Bertz CT molecular complexity index is 882. The molecular weight excluding hydrogens is 386 g/mol. The number of hydrogen-bond donors (Lipinski definition) is 3. The molecule has 0 unspecified atom stereocenters. The number of guanidine groups is 1. The van der Waals surface area contributed by atoms with E-state index in [0.29, 0.717) is 10.7 Å². The van der Waals surface area contributed by atoms with Crippen LogP contribution >= 0.6 is 11.6 Å². The zero-order valence-corrected chi connectivity index (χ0v) is 15.8. The number of benzene rings is 2. The Labute approximate surface area is 167 Å². The van der Waals surface area contributed by atoms with Crippen LogP contribution in [0.5, 0.6) is 0 Å². The number of rotatable bonds is 3. The van der Waals surface area contributed by atoms with Gasteiger partial charge in [-0.15, -0.1) is 0 Å². The molecule has 0 aliphatic heterocycles. The van der Waals surface area contributed by atoms with Crippen LogP contribution in [-0.2, 0) is 0 Å². The molecular formula is C20H21ClF2N4O. The van der Waals surface area contributed by atoms with Gasteiger partial charge in [-0.2, -0.15) is 0 Å². The molecule has 4 N–H and O–H groups in total. The third-order valence-electron chi connectivity index (χ3n) is 4.55. The fraction of sp³-hybridized carbons (Fsp3) is 0.300. The van der Waals surface area contributed by atoms with Crippen molar-refractivity contribution in [1.29, 1.82) is 0 Å². The highest BCUT2D eigenvalue weighted by atomic mass is 35.5. The van der Waals surface area contributed by atoms with Crippen LogP contribution in [0.4, 0.5) is 14.5 Å². The van der Waals surface area contributed by atoms with Gasteiger partial charge in [-0.1, -0.05) is 17.7 Å². The summed E-state index contributed by atoms with van der Waals surface area (Å²) in [4.78, 5) is 17.1. The lowest BCUT2D eigenvalue weighted by molar-refractivity contribution is 0.0976. The summed E-state index contributed by atoms with van der Waals surface area (Å²) in [6, 6.07) is 10.1. The van der Waals surface area contributed by atoms with E-state index in [4.69, 9.17) is 17.3 Å². The smallest absolute Gasteiger partial charge is 0.258 e. The number of carbonyl (C=O) groups is 1. The molecule has 0 atom stereocenters. The van der Waals surface area contributed by atoms with Gasteiger partial charge in [-0.25, -0.2) is 13.8 Å². The molecule has 0 radical (unpaired) electrons. The predicted molar refractivity (Wildman–Crippen MR) is 107 cm³/mol. The quantitative estimate of drug-likeness (QED) is 0.530. The topological polar surface area (TPSA) is 79.5 Å². The van der Waals surface area contributed by atoms with E-state index >= 15 is 0 Å². The lowest BCUT2D eigenvalue weighted by Crippen LogP contribution is -2.38. The monoisotopic (exact) mass is 406 g/mol. The molecule has 1 aliphatic carbocycles. The minimum absolute atomic E-state index is 0.00624. The van der Waals surface area contributed by atoms with Gasteiger partial charge in [-0.3, -0.25) is 10.1 Å². The van der Waals surface area contributed by atoms with Gasteiger partial charge in [0.2, 0.25) is 5.96 Å². The van der Waals surface area contributed by atoms with E-state index in [0.717, 1.165) is 37.8 Å². The van der Waals surface area contributed by atoms with Crippen molar-refractivity contribution in [3.05, 3.63) is 64.7 Å². The molecule has 1 fully saturated rings. The van der Waals surface area contributed by atoms with E-state index < -0.39 is 17.5 Å². The van der Waals surface area contributed by atoms with Crippen LogP contribution < -0.4 is 16.4 Å². The molecule has 0 spiro atoms. The predicted octanol–water partition coefficient (Wildman–Crippen LogP) is 4.09. The first-order chi connectivity index (χ1) is 13.4. The number of carbonyl (C=O) groups excluding carboxylic acids is 1. The maximum Gasteiger partial charge on any atom is 0.258 e. The van der Waals surface area contributed by atoms with Crippen molar-refractivity contribution < 1.29 is 13.6 Å². The van der Waals surface area contributed by atoms with Crippen LogP contribution in [0.1, 0.15) is 36.0 Å². The number of aliphatic imine (C=N–C) groups is 1. The van der Waals surface area contributed by atoms with Crippen LogP contribution in [0.2, 0.25) is 5.02 Å². The maximum atomic E-state index is 13.5. The number of anilines is 1. The van der Waals surface area contributed by atoms with Crippen molar-refractivity contribution in [2.24, 2.45) is 10.7 Å². The summed E-state index contributed by atoms with van der Waals surface area (Å²) < 4.78 is 26.6. The zero-order valence-electron chi connectivity index (χ0n) is 15.1. The Hall–Kier alpha value is -2.51. The van der Waals surface area contributed by atoms with Crippen molar-refractivity contribution in [3.8, 4) is 0 Å². The first kappa shape index (κ1) is 20.2. The molecule has 0 heterocycles. The second-order valence-corrected chi connectivity index (χ2v) is 7.20. The zero-order chi connectivity index (χ0) is 20.1. The van der Waals surface area contributed by atoms with Crippen molar-refractivity contribution in [2.75, 3.05) is 5.32 Å². The third kappa shape index (κ3) is 5.50. The van der Waals surface area contributed by atoms with E-state index in [9.17, 15) is 13.6 Å². The minimum Gasteiger partial charge on any atom is -0.328 e. The Balaban J connectivity index is 1.80. The summed E-state index contributed by atoms with van der Waals surface area (Å²) in [6.45, 7) is 0. The normalized spacial score (nSPS) is 19.9. The molecule has 3 rings (SSSR count). The first-order valence-corrected chi connectivity index (χ1v) is 9.41. The molecule has 2 aromatic rings. The van der Waals surface area contributed by atoms with Gasteiger partial charge >= 0.3 is 0 Å². The average molecular weight is 407 g/mol. The fourth-order valence-corrected chi connectivity index (χ4v) is 3.22. The highest BCUT2D eigenvalue weighted by Crippen LogP contribution is 2.21. The van der Waals surface area contributed by atoms with Crippen LogP contribution in [0.15, 0.2) is 47.5 Å². The lowest BCUT2D eigenvalue weighted by Gasteiger charge is -2.24. The van der Waals surface area contributed by atoms with Crippen molar-refractivity contribution in [2.45, 2.75) is 37.8 Å². The molecule has 1 saturated carbocycles. The largest absolute Gasteiger partial charge is 0.328 e. The summed E-state index contributed by atoms with van der Waals surface area (Å²) in [5.41, 5.74) is 6.57. The Kier molecular flexibility index (Phi) is 6.59. The lowest BCUT2D eigenvalue weighted by atomic mass is 9.92. The summed E-state index contributed by atoms with van der Waals surface area (Å²) in [7, 11) is 0. The fourth-order valence-electron chi connectivity index (χ4n) is 3.03. The van der Waals surface area contributed by atoms with Gasteiger partial charge in [-0.05, 0) is 62.1 Å². The van der Waals surface area contributed by atoms with E-state index in [1.54, 1.807) is 24.3 Å². The Morgan fingerprint density at radius 2 is 1.82 bits per heavy atom. The Morgan fingerprint density at radius 3 is 2.50 bits per heavy atom. The second-order valence-electron chi connectivity index (χ2n) is 6.76. The van der Waals surface area contributed by atoms with Gasteiger partial charge < -0.3 is 11.1 Å². The van der Waals surface area contributed by atoms with Gasteiger partial charge in [0, 0.05) is 22.3 Å². The number of hydrogen-bond acceptors (Lipinski definition) is 3. The van der Waals surface area contributed by atoms with Crippen molar-refractivity contribution in [3.63, 3.8) is 0 Å². The molecule has 2 aromatic carbocycles. The highest BCUT2D eigenvalue weighted by Gasteiger charge is 2.20. The molecule has 0 bridgehead atoms. The van der Waals surface area contributed by atoms with Crippen LogP contribution in [0, 0.1) is 11.6 Å². The van der Waals surface area contributed by atoms with Gasteiger partial charge in [0.25, 0.3) is 5.91 Å². The molecule has 0 saturated heterocycles. The first-order valence-electron chi connectivity index (χ1n) is 9.03.